The number of nitrogens with zero attached hydrogens (tertiary/aromatic N) is 3. The van der Waals surface area contributed by atoms with Crippen molar-refractivity contribution in [1.29, 1.82) is 10.5 Å². The monoisotopic (exact) mass is 301 g/mol. The first-order valence-electron chi connectivity index (χ1n) is 7.83. The Hall–Kier alpha value is -1.88. The van der Waals surface area contributed by atoms with Crippen LogP contribution in [0.4, 0.5) is 0 Å². The highest BCUT2D eigenvalue weighted by molar-refractivity contribution is 5.99. The summed E-state index contributed by atoms with van der Waals surface area (Å²) >= 11 is 0. The Kier molecular flexibility index (Phi) is 4.04. The van der Waals surface area contributed by atoms with Crippen molar-refractivity contribution in [3.63, 3.8) is 0 Å². The second-order valence-corrected chi connectivity index (χ2v) is 7.25. The van der Waals surface area contributed by atoms with E-state index in [9.17, 15) is 9.59 Å². The van der Waals surface area contributed by atoms with Crippen LogP contribution in [0.3, 0.4) is 0 Å². The highest BCUT2D eigenvalue weighted by atomic mass is 16.2. The van der Waals surface area contributed by atoms with E-state index >= 15 is 0 Å². The Morgan fingerprint density at radius 2 is 1.68 bits per heavy atom. The molecule has 5 nitrogen and oxygen atoms in total. The first kappa shape index (κ1) is 16.5. The van der Waals surface area contributed by atoms with Gasteiger partial charge in [-0.25, -0.2) is 0 Å². The van der Waals surface area contributed by atoms with E-state index in [1.165, 1.54) is 0 Å². The van der Waals surface area contributed by atoms with Gasteiger partial charge in [-0.3, -0.25) is 9.59 Å². The molecule has 2 aliphatic rings. The lowest BCUT2D eigenvalue weighted by molar-refractivity contribution is -0.147. The number of rotatable bonds is 5. The maximum atomic E-state index is 13.2. The number of hydrogen-bond donors (Lipinski definition) is 0. The Morgan fingerprint density at radius 1 is 1.14 bits per heavy atom. The summed E-state index contributed by atoms with van der Waals surface area (Å²) in [5.74, 6) is 0.134. The normalized spacial score (nSPS) is 31.6. The van der Waals surface area contributed by atoms with Gasteiger partial charge in [0.25, 0.3) is 0 Å². The molecule has 2 aliphatic carbocycles. The molecule has 2 atom stereocenters. The van der Waals surface area contributed by atoms with Crippen molar-refractivity contribution in [1.82, 2.24) is 4.90 Å². The number of fused-ring (bicyclic) bond motifs is 2. The van der Waals surface area contributed by atoms with Crippen LogP contribution in [-0.2, 0) is 9.59 Å². The highest BCUT2D eigenvalue weighted by Gasteiger charge is 2.72. The second-order valence-electron chi connectivity index (χ2n) is 7.25. The van der Waals surface area contributed by atoms with Crippen molar-refractivity contribution in [2.24, 2.45) is 16.2 Å². The largest absolute Gasteiger partial charge is 0.340 e. The molecule has 0 aliphatic heterocycles. The standard InChI is InChI=1S/C17H23N3O2/c1-15(2)16(3)6-7-17(15,12-13(16)21)14(22)20(10-4-8-18)11-5-9-19/h4-7,10-12H2,1-3H3/t16-,17-/m1/s1. The van der Waals surface area contributed by atoms with Gasteiger partial charge < -0.3 is 4.90 Å². The molecule has 0 radical (unpaired) electrons. The molecule has 2 fully saturated rings. The van der Waals surface area contributed by atoms with Crippen LogP contribution in [0.15, 0.2) is 0 Å². The smallest absolute Gasteiger partial charge is 0.229 e. The summed E-state index contributed by atoms with van der Waals surface area (Å²) < 4.78 is 0. The third-order valence-electron chi connectivity index (χ3n) is 6.39. The average molecular weight is 301 g/mol. The molecule has 0 aromatic carbocycles. The number of nitriles is 2. The Labute approximate surface area is 131 Å². The van der Waals surface area contributed by atoms with Crippen LogP contribution in [0, 0.1) is 38.9 Å². The number of carbonyl (C=O) groups is 2. The van der Waals surface area contributed by atoms with Gasteiger partial charge in [-0.15, -0.1) is 0 Å². The summed E-state index contributed by atoms with van der Waals surface area (Å²) in [6, 6.07) is 4.11. The van der Waals surface area contributed by atoms with Gasteiger partial charge in [-0.1, -0.05) is 20.8 Å². The summed E-state index contributed by atoms with van der Waals surface area (Å²) in [4.78, 5) is 27.3. The van der Waals surface area contributed by atoms with Gasteiger partial charge in [0.05, 0.1) is 30.4 Å². The minimum absolute atomic E-state index is 0.0439. The van der Waals surface area contributed by atoms with Crippen molar-refractivity contribution in [3.8, 4) is 12.1 Å². The predicted molar refractivity (Wildman–Crippen MR) is 80.2 cm³/mol. The predicted octanol–water partition coefficient (Wildman–Crippen LogP) is 2.43. The number of amides is 1. The van der Waals surface area contributed by atoms with Crippen LogP contribution < -0.4 is 0 Å². The zero-order chi connectivity index (χ0) is 16.6. The summed E-state index contributed by atoms with van der Waals surface area (Å²) in [6.07, 6.45) is 2.26. The van der Waals surface area contributed by atoms with Crippen LogP contribution in [-0.4, -0.2) is 29.7 Å². The van der Waals surface area contributed by atoms with Gasteiger partial charge >= 0.3 is 0 Å². The second kappa shape index (κ2) is 5.39. The van der Waals surface area contributed by atoms with Gasteiger partial charge in [-0.05, 0) is 18.3 Å². The minimum atomic E-state index is -0.663. The molecule has 0 aromatic rings. The Balaban J connectivity index is 2.32. The lowest BCUT2D eigenvalue weighted by atomic mass is 9.64. The average Bonchev–Trinajstić information content (AvgIpc) is 2.77. The number of hydrogen-bond acceptors (Lipinski definition) is 4. The minimum Gasteiger partial charge on any atom is -0.340 e. The molecule has 2 bridgehead atoms. The van der Waals surface area contributed by atoms with E-state index in [2.05, 4.69) is 12.1 Å². The van der Waals surface area contributed by atoms with Crippen LogP contribution in [0.25, 0.3) is 0 Å². The first-order chi connectivity index (χ1) is 10.3. The lowest BCUT2D eigenvalue weighted by Gasteiger charge is -2.41. The molecule has 5 heteroatoms. The molecule has 0 N–H and O–H groups in total. The molecule has 0 aromatic heterocycles. The first-order valence-corrected chi connectivity index (χ1v) is 7.83. The van der Waals surface area contributed by atoms with E-state index in [-0.39, 0.29) is 29.9 Å². The molecule has 0 spiro atoms. The van der Waals surface area contributed by atoms with E-state index in [0.717, 1.165) is 12.8 Å². The summed E-state index contributed by atoms with van der Waals surface area (Å²) in [5, 5.41) is 17.6. The summed E-state index contributed by atoms with van der Waals surface area (Å²) in [6.45, 7) is 6.69. The zero-order valence-electron chi connectivity index (χ0n) is 13.6. The van der Waals surface area contributed by atoms with Crippen molar-refractivity contribution in [3.05, 3.63) is 0 Å². The Morgan fingerprint density at radius 3 is 2.05 bits per heavy atom. The highest BCUT2D eigenvalue weighted by Crippen LogP contribution is 2.70. The molecule has 2 saturated carbocycles. The van der Waals surface area contributed by atoms with Gasteiger partial charge in [0.2, 0.25) is 5.91 Å². The quantitative estimate of drug-likeness (QED) is 0.780. The number of ketones is 1. The maximum Gasteiger partial charge on any atom is 0.229 e. The number of carbonyl (C=O) groups excluding carboxylic acids is 2. The lowest BCUT2D eigenvalue weighted by Crippen LogP contribution is -2.49. The van der Waals surface area contributed by atoms with Gasteiger partial charge in [-0.2, -0.15) is 10.5 Å². The van der Waals surface area contributed by atoms with E-state index in [1.807, 2.05) is 20.8 Å². The Bertz CT molecular complexity index is 566. The molecule has 0 unspecified atom stereocenters. The zero-order valence-corrected chi connectivity index (χ0v) is 13.6. The van der Waals surface area contributed by atoms with Crippen molar-refractivity contribution < 1.29 is 9.59 Å². The number of Topliss-reactive ketones (excluding diaryl/α,β-unsaturated/α-hetero) is 1. The van der Waals surface area contributed by atoms with Crippen LogP contribution in [0.5, 0.6) is 0 Å². The molecular formula is C17H23N3O2. The van der Waals surface area contributed by atoms with Crippen LogP contribution >= 0.6 is 0 Å². The van der Waals surface area contributed by atoms with Gasteiger partial charge in [0.1, 0.15) is 5.78 Å². The molecule has 22 heavy (non-hydrogen) atoms. The van der Waals surface area contributed by atoms with Gasteiger partial charge in [0, 0.05) is 24.9 Å². The molecule has 0 saturated heterocycles. The molecule has 1 amide bonds. The SMILES string of the molecule is CC1(C)[C@]2(C(=O)N(CCC#N)CCC#N)CC[C@]1(C)C(=O)C2. The van der Waals surface area contributed by atoms with E-state index < -0.39 is 10.8 Å². The fraction of sp³-hybridized carbons (Fsp3) is 0.765. The molecular weight excluding hydrogens is 278 g/mol. The summed E-state index contributed by atoms with van der Waals surface area (Å²) in [5.41, 5.74) is -1.48. The van der Waals surface area contributed by atoms with Crippen molar-refractivity contribution in [2.75, 3.05) is 13.1 Å². The maximum absolute atomic E-state index is 13.2. The topological polar surface area (TPSA) is 85.0 Å². The molecule has 118 valence electrons. The summed E-state index contributed by atoms with van der Waals surface area (Å²) in [7, 11) is 0. The fourth-order valence-corrected chi connectivity index (χ4v) is 4.32. The van der Waals surface area contributed by atoms with Crippen molar-refractivity contribution in [2.45, 2.75) is 52.9 Å². The third-order valence-corrected chi connectivity index (χ3v) is 6.39. The molecule has 2 rings (SSSR count). The van der Waals surface area contributed by atoms with E-state index in [4.69, 9.17) is 10.5 Å². The third kappa shape index (κ3) is 1.96. The van der Waals surface area contributed by atoms with Crippen LogP contribution in [0.1, 0.15) is 52.9 Å². The van der Waals surface area contributed by atoms with Crippen LogP contribution in [0.2, 0.25) is 0 Å². The van der Waals surface area contributed by atoms with E-state index in [0.29, 0.717) is 19.5 Å². The van der Waals surface area contributed by atoms with E-state index in [1.54, 1.807) is 4.90 Å². The van der Waals surface area contributed by atoms with Crippen molar-refractivity contribution >= 4 is 11.7 Å². The fourth-order valence-electron chi connectivity index (χ4n) is 4.32. The molecule has 0 heterocycles. The van der Waals surface area contributed by atoms with Gasteiger partial charge in [0.15, 0.2) is 0 Å².